The molecule has 0 radical (unpaired) electrons. The Morgan fingerprint density at radius 3 is 2.17 bits per heavy atom. The number of rotatable bonds is 13. The highest BCUT2D eigenvalue weighted by Crippen LogP contribution is 2.24. The maximum absolute atomic E-state index is 13.3. The Kier molecular flexibility index (Phi) is 9.69. The first-order valence-electron chi connectivity index (χ1n) is 13.5. The van der Waals surface area contributed by atoms with Crippen LogP contribution >= 0.6 is 0 Å². The maximum atomic E-state index is 13.3. The zero-order chi connectivity index (χ0) is 25.2. The number of aromatic amines is 2. The largest absolute Gasteiger partial charge is 0.347 e. The zero-order valence-corrected chi connectivity index (χ0v) is 21.7. The molecule has 2 aromatic heterocycles. The third kappa shape index (κ3) is 7.27. The second kappa shape index (κ2) is 13.4. The molecule has 3 N–H and O–H groups in total. The lowest BCUT2D eigenvalue weighted by atomic mass is 9.89. The van der Waals surface area contributed by atoms with Crippen molar-refractivity contribution in [2.75, 3.05) is 13.1 Å². The Morgan fingerprint density at radius 1 is 0.972 bits per heavy atom. The van der Waals surface area contributed by atoms with Crippen LogP contribution in [0.1, 0.15) is 79.9 Å². The van der Waals surface area contributed by atoms with Crippen LogP contribution in [0.4, 0.5) is 0 Å². The van der Waals surface area contributed by atoms with Crippen LogP contribution in [0.25, 0.3) is 0 Å². The third-order valence-corrected chi connectivity index (χ3v) is 7.06. The summed E-state index contributed by atoms with van der Waals surface area (Å²) in [6.45, 7) is 8.59. The first kappa shape index (κ1) is 26.1. The standard InChI is InChI=1S/C28H41N7O/c1-3-16-34(17-4-2)25-7-5-6-24(18-25)33-19-22-8-10-23(11-9-22)28(36)35(20-26-29-12-13-30-26)21-27-31-14-15-32-27/h8-15,24-25,33H,3-7,16-21H2,1-2H3,(H,29,30)(H,31,32). The molecule has 36 heavy (non-hydrogen) atoms. The summed E-state index contributed by atoms with van der Waals surface area (Å²) in [5.41, 5.74) is 1.88. The normalized spacial score (nSPS) is 18.0. The number of amides is 1. The number of carbonyl (C=O) groups excluding carboxylic acids is 1. The number of hydrogen-bond acceptors (Lipinski definition) is 5. The van der Waals surface area contributed by atoms with Crippen molar-refractivity contribution >= 4 is 5.91 Å². The molecule has 2 unspecified atom stereocenters. The average molecular weight is 492 g/mol. The van der Waals surface area contributed by atoms with Crippen LogP contribution in [0, 0.1) is 0 Å². The Labute approximate surface area is 214 Å². The monoisotopic (exact) mass is 491 g/mol. The van der Waals surface area contributed by atoms with E-state index >= 15 is 0 Å². The summed E-state index contributed by atoms with van der Waals surface area (Å²) < 4.78 is 0. The van der Waals surface area contributed by atoms with Gasteiger partial charge in [0.15, 0.2) is 0 Å². The molecule has 8 heteroatoms. The molecule has 0 aliphatic heterocycles. The zero-order valence-electron chi connectivity index (χ0n) is 21.7. The van der Waals surface area contributed by atoms with Crippen LogP contribution in [0.2, 0.25) is 0 Å². The van der Waals surface area contributed by atoms with Gasteiger partial charge in [-0.2, -0.15) is 0 Å². The van der Waals surface area contributed by atoms with Gasteiger partial charge in [0.1, 0.15) is 11.6 Å². The lowest BCUT2D eigenvalue weighted by molar-refractivity contribution is 0.0721. The molecule has 194 valence electrons. The van der Waals surface area contributed by atoms with Gasteiger partial charge in [-0.25, -0.2) is 9.97 Å². The molecular weight excluding hydrogens is 450 g/mol. The fraction of sp³-hybridized carbons (Fsp3) is 0.536. The average Bonchev–Trinajstić information content (AvgIpc) is 3.62. The summed E-state index contributed by atoms with van der Waals surface area (Å²) in [6, 6.07) is 9.26. The van der Waals surface area contributed by atoms with Gasteiger partial charge in [0.05, 0.1) is 13.1 Å². The van der Waals surface area contributed by atoms with E-state index < -0.39 is 0 Å². The van der Waals surface area contributed by atoms with Crippen LogP contribution in [0.15, 0.2) is 49.1 Å². The predicted octanol–water partition coefficient (Wildman–Crippen LogP) is 4.50. The van der Waals surface area contributed by atoms with Gasteiger partial charge in [0.2, 0.25) is 0 Å². The predicted molar refractivity (Wildman–Crippen MR) is 142 cm³/mol. The van der Waals surface area contributed by atoms with Crippen molar-refractivity contribution in [2.45, 2.75) is 84.1 Å². The molecule has 1 aromatic carbocycles. The Balaban J connectivity index is 1.33. The van der Waals surface area contributed by atoms with Gasteiger partial charge < -0.3 is 25.1 Å². The molecule has 0 spiro atoms. The summed E-state index contributed by atoms with van der Waals surface area (Å²) >= 11 is 0. The van der Waals surface area contributed by atoms with E-state index in [1.165, 1.54) is 57.2 Å². The second-order valence-electron chi connectivity index (χ2n) is 9.86. The molecule has 0 saturated heterocycles. The van der Waals surface area contributed by atoms with Crippen molar-refractivity contribution in [3.63, 3.8) is 0 Å². The van der Waals surface area contributed by atoms with E-state index in [1.54, 1.807) is 29.7 Å². The van der Waals surface area contributed by atoms with E-state index in [1.807, 2.05) is 12.1 Å². The van der Waals surface area contributed by atoms with E-state index in [0.29, 0.717) is 30.7 Å². The van der Waals surface area contributed by atoms with Gasteiger partial charge in [-0.1, -0.05) is 32.4 Å². The van der Waals surface area contributed by atoms with Gasteiger partial charge in [0.25, 0.3) is 5.91 Å². The molecule has 8 nitrogen and oxygen atoms in total. The van der Waals surface area contributed by atoms with Crippen LogP contribution in [0.3, 0.4) is 0 Å². The molecule has 3 aromatic rings. The molecule has 0 bridgehead atoms. The van der Waals surface area contributed by atoms with Gasteiger partial charge in [-0.15, -0.1) is 0 Å². The van der Waals surface area contributed by atoms with Crippen LogP contribution in [-0.4, -0.2) is 60.8 Å². The molecule has 1 fully saturated rings. The minimum Gasteiger partial charge on any atom is -0.347 e. The van der Waals surface area contributed by atoms with Crippen LogP contribution in [-0.2, 0) is 19.6 Å². The van der Waals surface area contributed by atoms with Crippen molar-refractivity contribution in [1.29, 1.82) is 0 Å². The quantitative estimate of drug-likeness (QED) is 0.327. The number of nitrogens with one attached hydrogen (secondary N) is 3. The summed E-state index contributed by atoms with van der Waals surface area (Å²) in [4.78, 5) is 32.6. The Hall–Kier alpha value is -2.97. The Morgan fingerprint density at radius 2 is 1.61 bits per heavy atom. The minimum atomic E-state index is -0.0376. The van der Waals surface area contributed by atoms with E-state index in [4.69, 9.17) is 0 Å². The summed E-state index contributed by atoms with van der Waals surface area (Å²) in [5.74, 6) is 1.46. The SMILES string of the molecule is CCCN(CCC)C1CCCC(NCc2ccc(C(=O)N(Cc3ncc[nH]3)Cc3ncc[nH]3)cc2)C1. The third-order valence-electron chi connectivity index (χ3n) is 7.06. The number of H-pyrrole nitrogens is 2. The summed E-state index contributed by atoms with van der Waals surface area (Å²) in [7, 11) is 0. The molecule has 2 atom stereocenters. The molecule has 1 aliphatic rings. The number of benzene rings is 1. The number of imidazole rings is 2. The van der Waals surface area contributed by atoms with E-state index in [-0.39, 0.29) is 5.91 Å². The number of nitrogens with zero attached hydrogens (tertiary/aromatic N) is 4. The van der Waals surface area contributed by atoms with Crippen molar-refractivity contribution in [3.8, 4) is 0 Å². The van der Waals surface area contributed by atoms with Crippen molar-refractivity contribution in [3.05, 3.63) is 71.8 Å². The van der Waals surface area contributed by atoms with Crippen molar-refractivity contribution < 1.29 is 4.79 Å². The number of carbonyl (C=O) groups is 1. The van der Waals surface area contributed by atoms with Gasteiger partial charge >= 0.3 is 0 Å². The minimum absolute atomic E-state index is 0.0376. The van der Waals surface area contributed by atoms with Gasteiger partial charge in [-0.3, -0.25) is 4.79 Å². The molecule has 2 heterocycles. The second-order valence-corrected chi connectivity index (χ2v) is 9.86. The lowest BCUT2D eigenvalue weighted by Crippen LogP contribution is -2.44. The molecule has 1 amide bonds. The van der Waals surface area contributed by atoms with E-state index in [9.17, 15) is 4.79 Å². The highest BCUT2D eigenvalue weighted by molar-refractivity contribution is 5.94. The number of hydrogen-bond donors (Lipinski definition) is 3. The first-order chi connectivity index (χ1) is 17.7. The maximum Gasteiger partial charge on any atom is 0.254 e. The first-order valence-corrected chi connectivity index (χ1v) is 13.5. The molecule has 4 rings (SSSR count). The highest BCUT2D eigenvalue weighted by Gasteiger charge is 2.26. The smallest absolute Gasteiger partial charge is 0.254 e. The van der Waals surface area contributed by atoms with E-state index in [2.05, 4.69) is 56.1 Å². The molecular formula is C28H41N7O. The van der Waals surface area contributed by atoms with Gasteiger partial charge in [-0.05, 0) is 62.9 Å². The number of aromatic nitrogens is 4. The fourth-order valence-electron chi connectivity index (χ4n) is 5.27. The Bertz CT molecular complexity index is 975. The van der Waals surface area contributed by atoms with Crippen molar-refractivity contribution in [2.24, 2.45) is 0 Å². The summed E-state index contributed by atoms with van der Waals surface area (Å²) in [6.07, 6.45) is 14.5. The summed E-state index contributed by atoms with van der Waals surface area (Å²) in [5, 5.41) is 3.79. The molecule has 1 aliphatic carbocycles. The van der Waals surface area contributed by atoms with Gasteiger partial charge in [0, 0.05) is 49.0 Å². The van der Waals surface area contributed by atoms with Crippen LogP contribution in [0.5, 0.6) is 0 Å². The van der Waals surface area contributed by atoms with Crippen LogP contribution < -0.4 is 5.32 Å². The van der Waals surface area contributed by atoms with E-state index in [0.717, 1.165) is 18.2 Å². The van der Waals surface area contributed by atoms with Crippen molar-refractivity contribution in [1.82, 2.24) is 35.1 Å². The lowest BCUT2D eigenvalue weighted by Gasteiger charge is -2.38. The topological polar surface area (TPSA) is 92.9 Å². The highest BCUT2D eigenvalue weighted by atomic mass is 16.2. The molecule has 1 saturated carbocycles. The fourth-order valence-corrected chi connectivity index (χ4v) is 5.27.